The third-order valence-electron chi connectivity index (χ3n) is 9.15. The average molecular weight is 831 g/mol. The summed E-state index contributed by atoms with van der Waals surface area (Å²) in [6.07, 6.45) is 3.20. The molecule has 0 unspecified atom stereocenters. The molecule has 7 amide bonds. The Kier molecular flexibility index (Phi) is 15.9. The second-order valence-corrected chi connectivity index (χ2v) is 13.9. The largest absolute Gasteiger partial charge is 0.370 e. The van der Waals surface area contributed by atoms with Crippen LogP contribution in [0.3, 0.4) is 0 Å². The number of H-pyrrole nitrogens is 2. The van der Waals surface area contributed by atoms with E-state index in [1.54, 1.807) is 42.6 Å². The molecule has 4 rings (SSSR count). The molecule has 0 bridgehead atoms. The summed E-state index contributed by atoms with van der Waals surface area (Å²) in [5.74, 6) is -6.59. The van der Waals surface area contributed by atoms with Crippen molar-refractivity contribution < 1.29 is 36.4 Å². The van der Waals surface area contributed by atoms with Gasteiger partial charge in [-0.05, 0) is 36.5 Å². The molecule has 0 radical (unpaired) electrons. The molecule has 0 spiro atoms. The van der Waals surface area contributed by atoms with Crippen molar-refractivity contribution in [2.45, 2.75) is 75.2 Å². The lowest BCUT2D eigenvalue weighted by atomic mass is 10.0. The van der Waals surface area contributed by atoms with E-state index in [0.29, 0.717) is 27.4 Å². The van der Waals surface area contributed by atoms with Crippen molar-refractivity contribution in [3.8, 4) is 0 Å². The van der Waals surface area contributed by atoms with Gasteiger partial charge in [-0.2, -0.15) is 0 Å². The first-order valence-electron chi connectivity index (χ1n) is 19.9. The molecule has 320 valence electrons. The average Bonchev–Trinajstić information content (AvgIpc) is 3.92. The van der Waals surface area contributed by atoms with Crippen LogP contribution in [-0.4, -0.2) is 106 Å². The molecule has 17 N–H and O–H groups in total. The lowest BCUT2D eigenvalue weighted by Gasteiger charge is -2.27. The van der Waals surface area contributed by atoms with Crippen molar-refractivity contribution in [3.63, 3.8) is 0 Å². The number of nitrogens with one attached hydrogen (secondary N) is 7. The molecule has 4 aromatic rings. The molecule has 0 saturated heterocycles. The highest BCUT2D eigenvalue weighted by molar-refractivity contribution is 5.97. The summed E-state index contributed by atoms with van der Waals surface area (Å²) in [7, 11) is 0. The molecule has 2 aromatic carbocycles. The minimum Gasteiger partial charge on any atom is -0.370 e. The van der Waals surface area contributed by atoms with Crippen LogP contribution in [0.1, 0.15) is 42.5 Å². The molecule has 2 heterocycles. The maximum atomic E-state index is 14.5. The van der Waals surface area contributed by atoms with E-state index in [-0.39, 0.29) is 57.5 Å². The molecule has 60 heavy (non-hydrogen) atoms. The number of aromatic amines is 2. The molecule has 2 aromatic heterocycles. The lowest BCUT2D eigenvalue weighted by molar-refractivity contribution is -0.135. The van der Waals surface area contributed by atoms with Crippen LogP contribution in [0.2, 0.25) is 2.82 Å². The fourth-order valence-electron chi connectivity index (χ4n) is 6.08. The topological polar surface area (TPSA) is 367 Å². The summed E-state index contributed by atoms with van der Waals surface area (Å²) in [5, 5.41) is 9.10. The molecule has 0 fully saturated rings. The quantitative estimate of drug-likeness (QED) is 0.0193. The molecule has 5 atom stereocenters. The van der Waals surface area contributed by atoms with Crippen molar-refractivity contribution in [3.05, 3.63) is 90.1 Å². The number of imidazole rings is 1. The first kappa shape index (κ1) is 42.3. The highest BCUT2D eigenvalue weighted by Crippen LogP contribution is 2.19. The number of carbonyl (C=O) groups excluding carboxylic acids is 7. The standard InChI is InChI=1S/C39H52N14O7/c40-26(12-13-32(41)54)34(56)51-31(17-24-19-45-21-49-24)38(60)52-29(15-22-7-2-1-3-8-22)37(59)50-28(11-6-14-46-39(43)44)36(58)53-30(35(57)48-20-33(42)55)16-23-18-47-27-10-5-4-9-25(23)27/h1-5,7-10,18-19,21,26,28-31,47H,6,11-17,20,40H2,(H2,41,54)(H2,42,55)(H,45,49)(H,48,57)(H,50,59)(H,51,56)(H,52,60)(H,53,58)(H4,43,44,46)/t26-,28-,29-,30-,31-/m0/s1/i/hD2. The number of hydrogen-bond acceptors (Lipinski definition) is 10. The monoisotopic (exact) mass is 830 g/mol. The van der Waals surface area contributed by atoms with Crippen LogP contribution < -0.4 is 55.2 Å². The van der Waals surface area contributed by atoms with Gasteiger partial charge in [-0.1, -0.05) is 48.5 Å². The van der Waals surface area contributed by atoms with E-state index >= 15 is 0 Å². The first-order valence-corrected chi connectivity index (χ1v) is 19.0. The van der Waals surface area contributed by atoms with Gasteiger partial charge < -0.3 is 65.2 Å². The Balaban J connectivity index is 1.67. The van der Waals surface area contributed by atoms with Crippen molar-refractivity contribution in [1.82, 2.24) is 41.5 Å². The number of rotatable bonds is 24. The normalized spacial score (nSPS) is 13.9. The van der Waals surface area contributed by atoms with Crippen molar-refractivity contribution in [2.24, 2.45) is 33.7 Å². The number of nitrogens with two attached hydrogens (primary N) is 5. The predicted molar refractivity (Wildman–Crippen MR) is 221 cm³/mol. The Morgan fingerprint density at radius 3 is 2.05 bits per heavy atom. The van der Waals surface area contributed by atoms with Crippen LogP contribution in [0.4, 0.5) is 0 Å². The summed E-state index contributed by atoms with van der Waals surface area (Å²) in [4.78, 5) is 106. The van der Waals surface area contributed by atoms with Crippen molar-refractivity contribution in [1.29, 1.82) is 0 Å². The first-order chi connectivity index (χ1) is 29.5. The zero-order valence-electron chi connectivity index (χ0n) is 34.7. The molecular formula is C39H52N14O7. The predicted octanol–water partition coefficient (Wildman–Crippen LogP) is -2.89. The Morgan fingerprint density at radius 2 is 1.38 bits per heavy atom. The highest BCUT2D eigenvalue weighted by atomic mass is 16.2. The molecule has 21 nitrogen and oxygen atoms in total. The van der Waals surface area contributed by atoms with Gasteiger partial charge in [0.05, 0.1) is 18.9 Å². The van der Waals surface area contributed by atoms with E-state index in [0.717, 1.165) is 10.9 Å². The van der Waals surface area contributed by atoms with Gasteiger partial charge in [-0.15, -0.1) is 0 Å². The molecule has 0 aliphatic carbocycles. The van der Waals surface area contributed by atoms with Gasteiger partial charge in [0, 0.05) is 61.2 Å². The molecular weight excluding hydrogens is 777 g/mol. The maximum absolute atomic E-state index is 14.5. The Bertz CT molecular complexity index is 2200. The van der Waals surface area contributed by atoms with Crippen LogP contribution >= 0.6 is 0 Å². The van der Waals surface area contributed by atoms with E-state index in [2.05, 4.69) is 35.9 Å². The second-order valence-electron chi connectivity index (χ2n) is 13.9. The number of primary amides is 2. The zero-order valence-corrected chi connectivity index (χ0v) is 32.7. The van der Waals surface area contributed by atoms with Crippen molar-refractivity contribution >= 4 is 58.2 Å². The summed E-state index contributed by atoms with van der Waals surface area (Å²) >= 11 is 0. The lowest BCUT2D eigenvalue weighted by Crippen LogP contribution is -2.60. The Hall–Kier alpha value is -7.29. The van der Waals surface area contributed by atoms with Crippen LogP contribution in [0, 0.1) is 0 Å². The number of benzene rings is 2. The Morgan fingerprint density at radius 1 is 0.717 bits per heavy atom. The third kappa shape index (κ3) is 14.6. The summed E-state index contributed by atoms with van der Waals surface area (Å²) < 4.78 is 17.8. The summed E-state index contributed by atoms with van der Waals surface area (Å²) in [6, 6.07) is 8.18. The number of amides is 7. The fourth-order valence-corrected chi connectivity index (χ4v) is 6.08. The van der Waals surface area contributed by atoms with Gasteiger partial charge in [0.2, 0.25) is 41.4 Å². The van der Waals surface area contributed by atoms with Crippen LogP contribution in [0.5, 0.6) is 0 Å². The second kappa shape index (κ2) is 22.6. The number of nitrogens with zero attached hydrogens (tertiary/aromatic N) is 2. The molecule has 0 aliphatic rings. The van der Waals surface area contributed by atoms with E-state index in [4.69, 9.17) is 31.5 Å². The zero-order chi connectivity index (χ0) is 45.3. The van der Waals surface area contributed by atoms with E-state index in [1.165, 1.54) is 12.5 Å². The number of aliphatic imine (C=N–C) groups is 1. The summed E-state index contributed by atoms with van der Waals surface area (Å²) in [6.45, 7) is -0.534. The molecule has 21 heteroatoms. The fraction of sp³-hybridized carbons (Fsp3) is 0.359. The van der Waals surface area contributed by atoms with Gasteiger partial charge in [-0.25, -0.2) is 4.98 Å². The smallest absolute Gasteiger partial charge is 0.243 e. The number of hydrogen-bond donors (Lipinski definition) is 12. The number of fused-ring (bicyclic) bond motifs is 1. The van der Waals surface area contributed by atoms with Crippen LogP contribution in [0.15, 0.2) is 78.3 Å². The third-order valence-corrected chi connectivity index (χ3v) is 9.15. The number of aromatic nitrogens is 3. The minimum absolute atomic E-state index is 0.000408. The van der Waals surface area contributed by atoms with E-state index < -0.39 is 78.1 Å². The SMILES string of the molecule is [2H]N(C(=O)[C@H](Cc1ccccc1)NC(=O)[C@H](Cc1cnc[nH]1)N([2H])C(=O)[C@@H](N)CCC(N)=O)[C@@H](CCCN=C(N)N)C(=O)N[C@@H](Cc1c[nH]c2ccccc12)C(=O)NCC(N)=O. The van der Waals surface area contributed by atoms with Crippen LogP contribution in [0.25, 0.3) is 10.9 Å². The van der Waals surface area contributed by atoms with Gasteiger partial charge >= 0.3 is 0 Å². The van der Waals surface area contributed by atoms with Gasteiger partial charge in [0.1, 0.15) is 24.2 Å². The van der Waals surface area contributed by atoms with Gasteiger partial charge in [-0.3, -0.25) is 38.6 Å². The number of carbonyl (C=O) groups is 7. The number of guanidine groups is 1. The minimum atomic E-state index is -1.62. The Labute approximate surface area is 347 Å². The highest BCUT2D eigenvalue weighted by Gasteiger charge is 2.33. The molecule has 0 saturated carbocycles. The maximum Gasteiger partial charge on any atom is 0.243 e. The van der Waals surface area contributed by atoms with Crippen LogP contribution in [-0.2, 0) is 52.8 Å². The van der Waals surface area contributed by atoms with Gasteiger partial charge in [0.25, 0.3) is 0 Å². The van der Waals surface area contributed by atoms with Gasteiger partial charge in [0.15, 0.2) is 8.78 Å². The van der Waals surface area contributed by atoms with E-state index in [1.807, 2.05) is 18.2 Å². The number of para-hydroxylation sites is 1. The molecule has 0 aliphatic heterocycles. The summed E-state index contributed by atoms with van der Waals surface area (Å²) in [5.41, 5.74) is 29.7. The van der Waals surface area contributed by atoms with E-state index in [9.17, 15) is 33.6 Å². The van der Waals surface area contributed by atoms with Crippen molar-refractivity contribution in [2.75, 3.05) is 13.1 Å².